The minimum absolute atomic E-state index is 0.395. The molecule has 0 spiro atoms. The SMILES string of the molecule is S=C(Nc1cc(Cl)c(Cl)cc1Cl)Nc1ccccc1Br. The number of nitrogens with one attached hydrogen (secondary N) is 2. The van der Waals surface area contributed by atoms with E-state index < -0.39 is 0 Å². The van der Waals surface area contributed by atoms with E-state index in [2.05, 4.69) is 26.6 Å². The molecule has 2 rings (SSSR count). The van der Waals surface area contributed by atoms with Crippen LogP contribution < -0.4 is 10.6 Å². The van der Waals surface area contributed by atoms with Crippen LogP contribution in [0.2, 0.25) is 15.1 Å². The Morgan fingerprint density at radius 1 is 0.900 bits per heavy atom. The van der Waals surface area contributed by atoms with Crippen LogP contribution in [-0.2, 0) is 0 Å². The van der Waals surface area contributed by atoms with Gasteiger partial charge in [-0.25, -0.2) is 0 Å². The van der Waals surface area contributed by atoms with Crippen molar-refractivity contribution in [2.24, 2.45) is 0 Å². The molecule has 0 radical (unpaired) electrons. The number of anilines is 2. The van der Waals surface area contributed by atoms with Crippen molar-refractivity contribution >= 4 is 79.4 Å². The number of hydrogen-bond acceptors (Lipinski definition) is 1. The zero-order valence-corrected chi connectivity index (χ0v) is 14.6. The van der Waals surface area contributed by atoms with Crippen molar-refractivity contribution in [2.75, 3.05) is 10.6 Å². The Hall–Kier alpha value is -0.520. The van der Waals surface area contributed by atoms with Crippen molar-refractivity contribution in [1.29, 1.82) is 0 Å². The van der Waals surface area contributed by atoms with Crippen LogP contribution in [0, 0.1) is 0 Å². The van der Waals surface area contributed by atoms with E-state index in [0.717, 1.165) is 10.2 Å². The third-order valence-electron chi connectivity index (χ3n) is 2.38. The summed E-state index contributed by atoms with van der Waals surface area (Å²) in [6, 6.07) is 10.8. The first-order valence-corrected chi connectivity index (χ1v) is 7.78. The lowest BCUT2D eigenvalue weighted by Crippen LogP contribution is -2.19. The maximum Gasteiger partial charge on any atom is 0.175 e. The van der Waals surface area contributed by atoms with Gasteiger partial charge in [0.1, 0.15) is 0 Å². The van der Waals surface area contributed by atoms with Gasteiger partial charge < -0.3 is 10.6 Å². The monoisotopic (exact) mass is 408 g/mol. The summed E-state index contributed by atoms with van der Waals surface area (Å²) in [6.45, 7) is 0. The highest BCUT2D eigenvalue weighted by Gasteiger charge is 2.08. The van der Waals surface area contributed by atoms with Crippen molar-refractivity contribution in [3.05, 3.63) is 55.9 Å². The zero-order chi connectivity index (χ0) is 14.7. The van der Waals surface area contributed by atoms with Crippen LogP contribution in [0.15, 0.2) is 40.9 Å². The number of hydrogen-bond donors (Lipinski definition) is 2. The Morgan fingerprint density at radius 2 is 1.50 bits per heavy atom. The summed E-state index contributed by atoms with van der Waals surface area (Å²) in [5, 5.41) is 7.68. The predicted octanol–water partition coefficient (Wildman–Crippen LogP) is 6.22. The third kappa shape index (κ3) is 3.99. The Labute approximate surface area is 145 Å². The highest BCUT2D eigenvalue weighted by atomic mass is 79.9. The average molecular weight is 411 g/mol. The van der Waals surface area contributed by atoms with E-state index >= 15 is 0 Å². The largest absolute Gasteiger partial charge is 0.332 e. The minimum atomic E-state index is 0.395. The Morgan fingerprint density at radius 3 is 2.20 bits per heavy atom. The van der Waals surface area contributed by atoms with Crippen LogP contribution in [0.3, 0.4) is 0 Å². The van der Waals surface area contributed by atoms with Crippen molar-refractivity contribution in [3.63, 3.8) is 0 Å². The second kappa shape index (κ2) is 6.96. The first-order chi connectivity index (χ1) is 9.47. The molecular formula is C13H8BrCl3N2S. The van der Waals surface area contributed by atoms with Gasteiger partial charge in [-0.2, -0.15) is 0 Å². The maximum absolute atomic E-state index is 6.08. The fourth-order valence-electron chi connectivity index (χ4n) is 1.46. The summed E-state index contributed by atoms with van der Waals surface area (Å²) >= 11 is 26.6. The summed E-state index contributed by atoms with van der Waals surface area (Å²) < 4.78 is 0.907. The predicted molar refractivity (Wildman–Crippen MR) is 95.5 cm³/mol. The van der Waals surface area contributed by atoms with Crippen LogP contribution in [0.25, 0.3) is 0 Å². The van der Waals surface area contributed by atoms with Crippen molar-refractivity contribution in [3.8, 4) is 0 Å². The molecular weight excluding hydrogens is 402 g/mol. The van der Waals surface area contributed by atoms with E-state index in [1.54, 1.807) is 12.1 Å². The van der Waals surface area contributed by atoms with E-state index in [-0.39, 0.29) is 0 Å². The van der Waals surface area contributed by atoms with Gasteiger partial charge in [0.25, 0.3) is 0 Å². The first kappa shape index (κ1) is 15.9. The van der Waals surface area contributed by atoms with Crippen LogP contribution in [0.5, 0.6) is 0 Å². The van der Waals surface area contributed by atoms with Gasteiger partial charge in [-0.15, -0.1) is 0 Å². The molecule has 0 heterocycles. The molecule has 0 unspecified atom stereocenters. The Balaban J connectivity index is 2.13. The normalized spacial score (nSPS) is 10.2. The highest BCUT2D eigenvalue weighted by molar-refractivity contribution is 9.10. The topological polar surface area (TPSA) is 24.1 Å². The van der Waals surface area contributed by atoms with E-state index in [1.165, 1.54) is 0 Å². The van der Waals surface area contributed by atoms with E-state index in [0.29, 0.717) is 25.9 Å². The fraction of sp³-hybridized carbons (Fsp3) is 0. The second-order valence-corrected chi connectivity index (χ2v) is 6.29. The number of benzene rings is 2. The highest BCUT2D eigenvalue weighted by Crippen LogP contribution is 2.32. The number of thiocarbonyl (C=S) groups is 1. The summed E-state index contributed by atoms with van der Waals surface area (Å²) in [5.41, 5.74) is 1.44. The first-order valence-electron chi connectivity index (χ1n) is 5.44. The Bertz CT molecular complexity index is 664. The van der Waals surface area contributed by atoms with Crippen LogP contribution in [0.4, 0.5) is 11.4 Å². The molecule has 0 aliphatic carbocycles. The number of rotatable bonds is 2. The van der Waals surface area contributed by atoms with Crippen LogP contribution in [-0.4, -0.2) is 5.11 Å². The van der Waals surface area contributed by atoms with Gasteiger partial charge in [-0.1, -0.05) is 46.9 Å². The third-order valence-corrected chi connectivity index (χ3v) is 4.31. The Kier molecular flexibility index (Phi) is 5.52. The lowest BCUT2D eigenvalue weighted by Gasteiger charge is -2.13. The van der Waals surface area contributed by atoms with E-state index in [1.807, 2.05) is 24.3 Å². The van der Waals surface area contributed by atoms with Gasteiger partial charge in [0, 0.05) is 4.47 Å². The van der Waals surface area contributed by atoms with Gasteiger partial charge in [-0.3, -0.25) is 0 Å². The molecule has 0 fully saturated rings. The smallest absolute Gasteiger partial charge is 0.175 e. The van der Waals surface area contributed by atoms with Gasteiger partial charge in [0.05, 0.1) is 26.4 Å². The lowest BCUT2D eigenvalue weighted by atomic mass is 10.3. The molecule has 0 atom stereocenters. The van der Waals surface area contributed by atoms with E-state index in [4.69, 9.17) is 47.0 Å². The summed E-state index contributed by atoms with van der Waals surface area (Å²) in [7, 11) is 0. The number of halogens is 4. The standard InChI is InChI=1S/C13H8BrCl3N2S/c14-7-3-1-2-4-11(7)18-13(20)19-12-6-9(16)8(15)5-10(12)17/h1-6H,(H2,18,19,20). The maximum atomic E-state index is 6.08. The molecule has 20 heavy (non-hydrogen) atoms. The molecule has 0 saturated heterocycles. The molecule has 2 aromatic carbocycles. The quantitative estimate of drug-likeness (QED) is 0.454. The molecule has 0 amide bonds. The van der Waals surface area contributed by atoms with Crippen molar-refractivity contribution < 1.29 is 0 Å². The van der Waals surface area contributed by atoms with Gasteiger partial charge in [-0.05, 0) is 52.4 Å². The number of para-hydroxylation sites is 1. The summed E-state index contributed by atoms with van der Waals surface area (Å²) in [4.78, 5) is 0. The van der Waals surface area contributed by atoms with Crippen molar-refractivity contribution in [2.45, 2.75) is 0 Å². The zero-order valence-electron chi connectivity index (χ0n) is 9.88. The van der Waals surface area contributed by atoms with Crippen molar-refractivity contribution in [1.82, 2.24) is 0 Å². The van der Waals surface area contributed by atoms with Crippen LogP contribution in [0.1, 0.15) is 0 Å². The lowest BCUT2D eigenvalue weighted by molar-refractivity contribution is 1.57. The van der Waals surface area contributed by atoms with Gasteiger partial charge >= 0.3 is 0 Å². The molecule has 2 nitrogen and oxygen atoms in total. The molecule has 0 aromatic heterocycles. The van der Waals surface area contributed by atoms with Gasteiger partial charge in [0.2, 0.25) is 0 Å². The summed E-state index contributed by atoms with van der Waals surface area (Å²) in [5.74, 6) is 0. The molecule has 104 valence electrons. The summed E-state index contributed by atoms with van der Waals surface area (Å²) in [6.07, 6.45) is 0. The minimum Gasteiger partial charge on any atom is -0.332 e. The molecule has 0 aliphatic heterocycles. The molecule has 0 saturated carbocycles. The fourth-order valence-corrected chi connectivity index (χ4v) is 2.65. The molecule has 2 N–H and O–H groups in total. The van der Waals surface area contributed by atoms with Crippen LogP contribution >= 0.6 is 63.0 Å². The molecule has 2 aromatic rings. The second-order valence-electron chi connectivity index (χ2n) is 3.81. The average Bonchev–Trinajstić information content (AvgIpc) is 2.39. The van der Waals surface area contributed by atoms with Gasteiger partial charge in [0.15, 0.2) is 5.11 Å². The molecule has 0 bridgehead atoms. The molecule has 7 heteroatoms. The molecule has 0 aliphatic rings. The van der Waals surface area contributed by atoms with E-state index in [9.17, 15) is 0 Å².